The van der Waals surface area contributed by atoms with E-state index >= 15 is 0 Å². The molecule has 0 unspecified atom stereocenters. The van der Waals surface area contributed by atoms with Gasteiger partial charge in [0, 0.05) is 16.1 Å². The Hall–Kier alpha value is -2.54. The van der Waals surface area contributed by atoms with Crippen LogP contribution in [0.5, 0.6) is 0 Å². The van der Waals surface area contributed by atoms with Crippen molar-refractivity contribution in [3.05, 3.63) is 70.2 Å². The minimum Gasteiger partial charge on any atom is -0.449 e. The van der Waals surface area contributed by atoms with E-state index in [1.807, 2.05) is 0 Å². The standard InChI is InChI=1S/C18H14BrF2NO3/c1-11(18(24)22-16-8-7-13(19)10-15(16)21)25-17(23)9-6-12-4-2-3-5-14(12)20/h2-11H,1H3,(H,22,24)/b9-6+/t11-/m0/s1. The van der Waals surface area contributed by atoms with E-state index < -0.39 is 29.6 Å². The molecule has 0 aromatic heterocycles. The van der Waals surface area contributed by atoms with Gasteiger partial charge in [0.15, 0.2) is 6.10 Å². The van der Waals surface area contributed by atoms with E-state index in [1.165, 1.54) is 43.3 Å². The maximum absolute atomic E-state index is 13.7. The van der Waals surface area contributed by atoms with Crippen LogP contribution in [0.25, 0.3) is 6.08 Å². The van der Waals surface area contributed by atoms with Crippen molar-refractivity contribution in [3.63, 3.8) is 0 Å². The maximum Gasteiger partial charge on any atom is 0.331 e. The Morgan fingerprint density at radius 2 is 1.88 bits per heavy atom. The lowest BCUT2D eigenvalue weighted by Gasteiger charge is -2.13. The number of amides is 1. The van der Waals surface area contributed by atoms with Crippen molar-refractivity contribution in [2.75, 3.05) is 5.32 Å². The van der Waals surface area contributed by atoms with Crippen molar-refractivity contribution >= 4 is 39.6 Å². The minimum absolute atomic E-state index is 0.0296. The van der Waals surface area contributed by atoms with E-state index in [9.17, 15) is 18.4 Å². The summed E-state index contributed by atoms with van der Waals surface area (Å²) in [5, 5.41) is 2.33. The molecule has 130 valence electrons. The van der Waals surface area contributed by atoms with E-state index in [2.05, 4.69) is 21.2 Å². The monoisotopic (exact) mass is 409 g/mol. The van der Waals surface area contributed by atoms with E-state index in [4.69, 9.17) is 4.74 Å². The molecule has 1 atom stereocenters. The van der Waals surface area contributed by atoms with Gasteiger partial charge in [0.25, 0.3) is 5.91 Å². The third-order valence-corrected chi connectivity index (χ3v) is 3.65. The summed E-state index contributed by atoms with van der Waals surface area (Å²) in [6.07, 6.45) is 1.11. The lowest BCUT2D eigenvalue weighted by molar-refractivity contribution is -0.148. The van der Waals surface area contributed by atoms with Crippen molar-refractivity contribution in [1.29, 1.82) is 0 Å². The highest BCUT2D eigenvalue weighted by Gasteiger charge is 2.18. The van der Waals surface area contributed by atoms with Crippen LogP contribution in [0.2, 0.25) is 0 Å². The Morgan fingerprint density at radius 3 is 2.56 bits per heavy atom. The molecule has 0 saturated carbocycles. The predicted molar refractivity (Wildman–Crippen MR) is 93.7 cm³/mol. The minimum atomic E-state index is -1.15. The van der Waals surface area contributed by atoms with Gasteiger partial charge in [0.2, 0.25) is 0 Å². The highest BCUT2D eigenvalue weighted by atomic mass is 79.9. The SMILES string of the molecule is C[C@H](OC(=O)/C=C/c1ccccc1F)C(=O)Nc1ccc(Br)cc1F. The van der Waals surface area contributed by atoms with Crippen molar-refractivity contribution in [2.45, 2.75) is 13.0 Å². The van der Waals surface area contributed by atoms with Gasteiger partial charge in [0.1, 0.15) is 11.6 Å². The second-order valence-corrected chi connectivity index (χ2v) is 5.96. The summed E-state index contributed by atoms with van der Waals surface area (Å²) in [5.74, 6) is -2.61. The van der Waals surface area contributed by atoms with Crippen molar-refractivity contribution in [2.24, 2.45) is 0 Å². The zero-order valence-electron chi connectivity index (χ0n) is 13.1. The first kappa shape index (κ1) is 18.8. The number of nitrogens with one attached hydrogen (secondary N) is 1. The lowest BCUT2D eigenvalue weighted by Crippen LogP contribution is -2.29. The van der Waals surface area contributed by atoms with E-state index in [0.29, 0.717) is 4.47 Å². The first-order valence-electron chi connectivity index (χ1n) is 7.26. The number of benzene rings is 2. The van der Waals surface area contributed by atoms with Crippen LogP contribution in [0.15, 0.2) is 53.0 Å². The van der Waals surface area contributed by atoms with Crippen LogP contribution < -0.4 is 5.32 Å². The number of esters is 1. The number of hydrogen-bond donors (Lipinski definition) is 1. The molecule has 0 aliphatic rings. The fourth-order valence-electron chi connectivity index (χ4n) is 1.86. The fourth-order valence-corrected chi connectivity index (χ4v) is 2.19. The zero-order chi connectivity index (χ0) is 18.4. The molecule has 1 amide bonds. The molecule has 25 heavy (non-hydrogen) atoms. The summed E-state index contributed by atoms with van der Waals surface area (Å²) in [5.41, 5.74) is 0.187. The molecule has 1 N–H and O–H groups in total. The van der Waals surface area contributed by atoms with Gasteiger partial charge >= 0.3 is 5.97 Å². The Labute approximate surface area is 151 Å². The molecule has 0 fully saturated rings. The molecule has 0 bridgehead atoms. The molecule has 7 heteroatoms. The van der Waals surface area contributed by atoms with Crippen LogP contribution >= 0.6 is 15.9 Å². The topological polar surface area (TPSA) is 55.4 Å². The van der Waals surface area contributed by atoms with Crippen LogP contribution in [-0.2, 0) is 14.3 Å². The average molecular weight is 410 g/mol. The maximum atomic E-state index is 13.7. The molecule has 0 aliphatic carbocycles. The van der Waals surface area contributed by atoms with Gasteiger partial charge < -0.3 is 10.1 Å². The van der Waals surface area contributed by atoms with Crippen LogP contribution in [0.1, 0.15) is 12.5 Å². The Morgan fingerprint density at radius 1 is 1.16 bits per heavy atom. The lowest BCUT2D eigenvalue weighted by atomic mass is 10.2. The molecule has 0 radical (unpaired) electrons. The van der Waals surface area contributed by atoms with Crippen LogP contribution in [0, 0.1) is 11.6 Å². The highest BCUT2D eigenvalue weighted by molar-refractivity contribution is 9.10. The zero-order valence-corrected chi connectivity index (χ0v) is 14.7. The van der Waals surface area contributed by atoms with Gasteiger partial charge in [-0.1, -0.05) is 34.1 Å². The predicted octanol–water partition coefficient (Wildman–Crippen LogP) is 4.31. The quantitative estimate of drug-likeness (QED) is 0.591. The van der Waals surface area contributed by atoms with Gasteiger partial charge in [-0.15, -0.1) is 0 Å². The Kier molecular flexibility index (Phi) is 6.41. The first-order valence-corrected chi connectivity index (χ1v) is 8.05. The van der Waals surface area contributed by atoms with E-state index in [-0.39, 0.29) is 11.3 Å². The van der Waals surface area contributed by atoms with Crippen molar-refractivity contribution < 1.29 is 23.1 Å². The average Bonchev–Trinajstić information content (AvgIpc) is 2.56. The number of halogens is 3. The number of ether oxygens (including phenoxy) is 1. The summed E-state index contributed by atoms with van der Waals surface area (Å²) < 4.78 is 32.6. The van der Waals surface area contributed by atoms with E-state index in [0.717, 1.165) is 6.08 Å². The van der Waals surface area contributed by atoms with Gasteiger partial charge in [-0.2, -0.15) is 0 Å². The third kappa shape index (κ3) is 5.49. The molecule has 0 spiro atoms. The molecule has 0 aliphatic heterocycles. The molecule has 2 aromatic rings. The molecular weight excluding hydrogens is 396 g/mol. The first-order chi connectivity index (χ1) is 11.9. The summed E-state index contributed by atoms with van der Waals surface area (Å²) in [6, 6.07) is 10.0. The number of hydrogen-bond acceptors (Lipinski definition) is 3. The second-order valence-electron chi connectivity index (χ2n) is 5.05. The summed E-state index contributed by atoms with van der Waals surface area (Å²) in [4.78, 5) is 23.7. The molecule has 0 heterocycles. The van der Waals surface area contributed by atoms with Crippen LogP contribution in [-0.4, -0.2) is 18.0 Å². The molecule has 0 saturated heterocycles. The third-order valence-electron chi connectivity index (χ3n) is 3.16. The smallest absolute Gasteiger partial charge is 0.331 e. The largest absolute Gasteiger partial charge is 0.449 e. The van der Waals surface area contributed by atoms with Crippen LogP contribution in [0.3, 0.4) is 0 Å². The Balaban J connectivity index is 1.94. The van der Waals surface area contributed by atoms with E-state index in [1.54, 1.807) is 12.1 Å². The number of anilines is 1. The molecule has 4 nitrogen and oxygen atoms in total. The van der Waals surface area contributed by atoms with Crippen molar-refractivity contribution in [1.82, 2.24) is 0 Å². The summed E-state index contributed by atoms with van der Waals surface area (Å²) in [7, 11) is 0. The van der Waals surface area contributed by atoms with Gasteiger partial charge in [0.05, 0.1) is 5.69 Å². The number of rotatable bonds is 5. The summed E-state index contributed by atoms with van der Waals surface area (Å²) >= 11 is 3.11. The number of carbonyl (C=O) groups excluding carboxylic acids is 2. The Bertz CT molecular complexity index is 824. The molecule has 2 aromatic carbocycles. The van der Waals surface area contributed by atoms with Crippen molar-refractivity contribution in [3.8, 4) is 0 Å². The fraction of sp³-hybridized carbons (Fsp3) is 0.111. The van der Waals surface area contributed by atoms with Crippen LogP contribution in [0.4, 0.5) is 14.5 Å². The molecule has 2 rings (SSSR count). The van der Waals surface area contributed by atoms with Gasteiger partial charge in [-0.3, -0.25) is 4.79 Å². The van der Waals surface area contributed by atoms with Gasteiger partial charge in [-0.25, -0.2) is 13.6 Å². The highest BCUT2D eigenvalue weighted by Crippen LogP contribution is 2.19. The molecular formula is C18H14BrF2NO3. The summed E-state index contributed by atoms with van der Waals surface area (Å²) in [6.45, 7) is 1.35. The normalized spacial score (nSPS) is 12.0. The second kappa shape index (κ2) is 8.53. The van der Waals surface area contributed by atoms with Gasteiger partial charge in [-0.05, 0) is 37.3 Å². The number of carbonyl (C=O) groups is 2.